The van der Waals surface area contributed by atoms with E-state index in [-0.39, 0.29) is 16.7 Å². The van der Waals surface area contributed by atoms with Crippen LogP contribution in [-0.2, 0) is 6.42 Å². The summed E-state index contributed by atoms with van der Waals surface area (Å²) in [4.78, 5) is 12.4. The van der Waals surface area contributed by atoms with E-state index in [1.807, 2.05) is 0 Å². The highest BCUT2D eigenvalue weighted by Gasteiger charge is 2.23. The zero-order valence-electron chi connectivity index (χ0n) is 11.2. The van der Waals surface area contributed by atoms with E-state index in [0.29, 0.717) is 5.92 Å². The lowest BCUT2D eigenvalue weighted by atomic mass is 9.96. The molecular formula is C14H20N2O3. The summed E-state index contributed by atoms with van der Waals surface area (Å²) in [5.74, 6) is 0.385. The van der Waals surface area contributed by atoms with Crippen LogP contribution in [0.5, 0.6) is 0 Å². The third-order valence-corrected chi connectivity index (χ3v) is 3.87. The van der Waals surface area contributed by atoms with Crippen molar-refractivity contribution in [3.8, 4) is 0 Å². The molecule has 5 nitrogen and oxygen atoms in total. The number of nitro benzene ring substituents is 1. The minimum absolute atomic E-state index is 0.131. The summed E-state index contributed by atoms with van der Waals surface area (Å²) in [6, 6.07) is 6.70. The molecule has 0 radical (unpaired) electrons. The van der Waals surface area contributed by atoms with E-state index >= 15 is 0 Å². The Morgan fingerprint density at radius 2 is 2.11 bits per heavy atom. The van der Waals surface area contributed by atoms with Gasteiger partial charge < -0.3 is 10.0 Å². The average Bonchev–Trinajstić information content (AvgIpc) is 2.40. The summed E-state index contributed by atoms with van der Waals surface area (Å²) in [5, 5.41) is 20.4. The van der Waals surface area contributed by atoms with Crippen LogP contribution < -0.4 is 0 Å². The van der Waals surface area contributed by atoms with E-state index in [1.165, 1.54) is 0 Å². The maximum Gasteiger partial charge on any atom is 0.269 e. The fourth-order valence-electron chi connectivity index (χ4n) is 2.39. The molecule has 2 rings (SSSR count). The van der Waals surface area contributed by atoms with E-state index in [1.54, 1.807) is 24.3 Å². The molecule has 1 N–H and O–H groups in total. The van der Waals surface area contributed by atoms with Crippen LogP contribution in [0.4, 0.5) is 5.69 Å². The standard InChI is InChI=1S/C14H20N2O3/c1-11-6-8-15(10-14(11)17)9-7-12-2-4-13(5-3-12)16(18)19/h2-5,11,14,17H,6-10H2,1H3. The van der Waals surface area contributed by atoms with E-state index in [4.69, 9.17) is 0 Å². The SMILES string of the molecule is CC1CCN(CCc2ccc([N+](=O)[O-])cc2)CC1O. The Balaban J connectivity index is 1.83. The van der Waals surface area contributed by atoms with Crippen LogP contribution in [0.3, 0.4) is 0 Å². The lowest BCUT2D eigenvalue weighted by Crippen LogP contribution is -2.43. The number of nitrogens with zero attached hydrogens (tertiary/aromatic N) is 2. The second-order valence-corrected chi connectivity index (χ2v) is 5.31. The molecule has 1 aromatic rings. The van der Waals surface area contributed by atoms with Gasteiger partial charge in [-0.25, -0.2) is 0 Å². The maximum absolute atomic E-state index is 10.6. The molecule has 5 heteroatoms. The number of aliphatic hydroxyl groups excluding tert-OH is 1. The van der Waals surface area contributed by atoms with Crippen molar-refractivity contribution in [3.63, 3.8) is 0 Å². The Hall–Kier alpha value is -1.46. The molecule has 1 fully saturated rings. The number of hydrogen-bond donors (Lipinski definition) is 1. The fourth-order valence-corrected chi connectivity index (χ4v) is 2.39. The number of piperidine rings is 1. The van der Waals surface area contributed by atoms with Crippen molar-refractivity contribution in [2.45, 2.75) is 25.9 Å². The number of nitro groups is 1. The van der Waals surface area contributed by atoms with Crippen LogP contribution >= 0.6 is 0 Å². The lowest BCUT2D eigenvalue weighted by Gasteiger charge is -2.34. The van der Waals surface area contributed by atoms with Crippen molar-refractivity contribution >= 4 is 5.69 Å². The molecule has 2 unspecified atom stereocenters. The van der Waals surface area contributed by atoms with E-state index < -0.39 is 0 Å². The Bertz CT molecular complexity index is 433. The zero-order valence-corrected chi connectivity index (χ0v) is 11.2. The van der Waals surface area contributed by atoms with Gasteiger partial charge in [0.1, 0.15) is 0 Å². The van der Waals surface area contributed by atoms with Gasteiger partial charge in [-0.15, -0.1) is 0 Å². The summed E-state index contributed by atoms with van der Waals surface area (Å²) in [5.41, 5.74) is 1.23. The smallest absolute Gasteiger partial charge is 0.269 e. The van der Waals surface area contributed by atoms with Crippen molar-refractivity contribution < 1.29 is 10.0 Å². The molecule has 1 aliphatic rings. The summed E-state index contributed by atoms with van der Waals surface area (Å²) in [7, 11) is 0. The number of benzene rings is 1. The minimum Gasteiger partial charge on any atom is -0.392 e. The molecule has 1 aliphatic heterocycles. The van der Waals surface area contributed by atoms with Crippen LogP contribution in [-0.4, -0.2) is 40.7 Å². The number of rotatable bonds is 4. The summed E-state index contributed by atoms with van der Waals surface area (Å²) >= 11 is 0. The second-order valence-electron chi connectivity index (χ2n) is 5.31. The van der Waals surface area contributed by atoms with E-state index in [9.17, 15) is 15.2 Å². The number of hydrogen-bond acceptors (Lipinski definition) is 4. The molecule has 0 bridgehead atoms. The number of aliphatic hydroxyl groups is 1. The van der Waals surface area contributed by atoms with E-state index in [2.05, 4.69) is 11.8 Å². The van der Waals surface area contributed by atoms with Crippen LogP contribution in [0.25, 0.3) is 0 Å². The van der Waals surface area contributed by atoms with Gasteiger partial charge in [0.25, 0.3) is 5.69 Å². The van der Waals surface area contributed by atoms with Crippen molar-refractivity contribution in [2.24, 2.45) is 5.92 Å². The third-order valence-electron chi connectivity index (χ3n) is 3.87. The quantitative estimate of drug-likeness (QED) is 0.665. The first-order chi connectivity index (χ1) is 9.06. The Kier molecular flexibility index (Phi) is 4.50. The first-order valence-electron chi connectivity index (χ1n) is 6.70. The predicted molar refractivity (Wildman–Crippen MR) is 73.0 cm³/mol. The predicted octanol–water partition coefficient (Wildman–Crippen LogP) is 1.84. The van der Waals surface area contributed by atoms with Gasteiger partial charge in [0.15, 0.2) is 0 Å². The van der Waals surface area contributed by atoms with Crippen molar-refractivity contribution in [1.29, 1.82) is 0 Å². The second kappa shape index (κ2) is 6.12. The molecule has 0 amide bonds. The van der Waals surface area contributed by atoms with Crippen LogP contribution in [0.2, 0.25) is 0 Å². The van der Waals surface area contributed by atoms with Gasteiger partial charge >= 0.3 is 0 Å². The molecule has 104 valence electrons. The minimum atomic E-state index is -0.383. The number of non-ortho nitro benzene ring substituents is 1. The van der Waals surface area contributed by atoms with Gasteiger partial charge in [0, 0.05) is 25.2 Å². The Labute approximate surface area is 113 Å². The largest absolute Gasteiger partial charge is 0.392 e. The van der Waals surface area contributed by atoms with E-state index in [0.717, 1.165) is 38.0 Å². The lowest BCUT2D eigenvalue weighted by molar-refractivity contribution is -0.384. The summed E-state index contributed by atoms with van der Waals surface area (Å²) < 4.78 is 0. The molecule has 2 atom stereocenters. The number of β-amino-alcohol motifs (C(OH)–C–C–N with tert-alkyl or cyclic N) is 1. The van der Waals surface area contributed by atoms with Gasteiger partial charge in [0.2, 0.25) is 0 Å². The third kappa shape index (κ3) is 3.75. The van der Waals surface area contributed by atoms with Gasteiger partial charge in [-0.05, 0) is 30.9 Å². The highest BCUT2D eigenvalue weighted by atomic mass is 16.6. The molecule has 1 saturated heterocycles. The van der Waals surface area contributed by atoms with Gasteiger partial charge in [-0.2, -0.15) is 0 Å². The topological polar surface area (TPSA) is 66.6 Å². The van der Waals surface area contributed by atoms with Gasteiger partial charge in [-0.1, -0.05) is 19.1 Å². The number of likely N-dealkylation sites (tertiary alicyclic amines) is 1. The molecule has 0 aliphatic carbocycles. The zero-order chi connectivity index (χ0) is 13.8. The fraction of sp³-hybridized carbons (Fsp3) is 0.571. The Morgan fingerprint density at radius 1 is 1.42 bits per heavy atom. The van der Waals surface area contributed by atoms with Crippen LogP contribution in [0, 0.1) is 16.0 Å². The maximum atomic E-state index is 10.6. The molecular weight excluding hydrogens is 244 g/mol. The first kappa shape index (κ1) is 14.0. The Morgan fingerprint density at radius 3 is 2.68 bits per heavy atom. The molecule has 1 heterocycles. The molecule has 0 saturated carbocycles. The average molecular weight is 264 g/mol. The molecule has 1 aromatic carbocycles. The van der Waals surface area contributed by atoms with Gasteiger partial charge in [-0.3, -0.25) is 10.1 Å². The molecule has 19 heavy (non-hydrogen) atoms. The first-order valence-corrected chi connectivity index (χ1v) is 6.70. The van der Waals surface area contributed by atoms with Crippen molar-refractivity contribution in [3.05, 3.63) is 39.9 Å². The highest BCUT2D eigenvalue weighted by Crippen LogP contribution is 2.18. The monoisotopic (exact) mass is 264 g/mol. The van der Waals surface area contributed by atoms with Crippen molar-refractivity contribution in [1.82, 2.24) is 4.90 Å². The normalized spacial score (nSPS) is 24.3. The molecule has 0 aromatic heterocycles. The summed E-state index contributed by atoms with van der Waals surface area (Å²) in [6.45, 7) is 4.72. The summed E-state index contributed by atoms with van der Waals surface area (Å²) in [6.07, 6.45) is 1.66. The van der Waals surface area contributed by atoms with Crippen molar-refractivity contribution in [2.75, 3.05) is 19.6 Å². The highest BCUT2D eigenvalue weighted by molar-refractivity contribution is 5.32. The van der Waals surface area contributed by atoms with Gasteiger partial charge in [0.05, 0.1) is 11.0 Å². The van der Waals surface area contributed by atoms with Crippen LogP contribution in [0.15, 0.2) is 24.3 Å². The van der Waals surface area contributed by atoms with Crippen LogP contribution in [0.1, 0.15) is 18.9 Å². The molecule has 0 spiro atoms.